The number of methoxy groups -OCH3 is 3. The molecule has 290 valence electrons. The van der Waals surface area contributed by atoms with Crippen molar-refractivity contribution in [3.8, 4) is 17.2 Å². The molecule has 1 aliphatic heterocycles. The molecule has 5 rings (SSSR count). The van der Waals surface area contributed by atoms with Gasteiger partial charge in [-0.3, -0.25) is 10.1 Å². The lowest BCUT2D eigenvalue weighted by Gasteiger charge is -2.31. The van der Waals surface area contributed by atoms with Crippen molar-refractivity contribution in [2.75, 3.05) is 38.9 Å². The van der Waals surface area contributed by atoms with Gasteiger partial charge in [0.15, 0.2) is 21.3 Å². The molecule has 1 saturated heterocycles. The smallest absolute Gasteiger partial charge is 0.490 e. The van der Waals surface area contributed by atoms with Crippen molar-refractivity contribution >= 4 is 50.1 Å². The maximum absolute atomic E-state index is 14.7. The minimum absolute atomic E-state index is 0.0944. The van der Waals surface area contributed by atoms with Crippen LogP contribution in [0.15, 0.2) is 71.8 Å². The van der Waals surface area contributed by atoms with E-state index >= 15 is 0 Å². The third-order valence-corrected chi connectivity index (χ3v) is 10.7. The number of hydrogen-bond acceptors (Lipinski definition) is 11. The van der Waals surface area contributed by atoms with E-state index in [1.807, 2.05) is 0 Å². The number of fused-ring (bicyclic) bond motifs is 1. The van der Waals surface area contributed by atoms with Gasteiger partial charge in [0.2, 0.25) is 6.10 Å². The zero-order valence-electron chi connectivity index (χ0n) is 29.8. The Labute approximate surface area is 308 Å². The Kier molecular flexibility index (Phi) is 12.8. The molecule has 1 fully saturated rings. The van der Waals surface area contributed by atoms with Crippen molar-refractivity contribution in [3.05, 3.63) is 78.0 Å². The maximum atomic E-state index is 14.7. The van der Waals surface area contributed by atoms with Gasteiger partial charge in [0, 0.05) is 29.4 Å². The van der Waals surface area contributed by atoms with Crippen molar-refractivity contribution in [2.45, 2.75) is 55.2 Å². The van der Waals surface area contributed by atoms with Crippen LogP contribution >= 0.6 is 0 Å². The number of carboxylic acids is 1. The first-order chi connectivity index (χ1) is 25.4. The van der Waals surface area contributed by atoms with Crippen LogP contribution in [-0.2, 0) is 24.2 Å². The molecule has 0 aliphatic carbocycles. The van der Waals surface area contributed by atoms with Crippen LogP contribution in [0.25, 0.3) is 10.8 Å². The molecule has 2 amide bonds. The van der Waals surface area contributed by atoms with Gasteiger partial charge in [-0.05, 0) is 92.2 Å². The number of rotatable bonds is 10. The second-order valence-electron chi connectivity index (χ2n) is 12.1. The molecule has 2 atom stereocenters. The zero-order valence-corrected chi connectivity index (χ0v) is 30.7. The van der Waals surface area contributed by atoms with Gasteiger partial charge in [0.1, 0.15) is 11.6 Å². The first kappa shape index (κ1) is 41.0. The summed E-state index contributed by atoms with van der Waals surface area (Å²) in [7, 11) is 0.496. The van der Waals surface area contributed by atoms with Crippen molar-refractivity contribution in [1.82, 2.24) is 9.88 Å². The number of alkyl halides is 3. The van der Waals surface area contributed by atoms with Crippen LogP contribution in [0.5, 0.6) is 17.2 Å². The van der Waals surface area contributed by atoms with Crippen molar-refractivity contribution in [3.63, 3.8) is 0 Å². The molecule has 0 unspecified atom stereocenters. The van der Waals surface area contributed by atoms with Crippen LogP contribution in [0.3, 0.4) is 0 Å². The van der Waals surface area contributed by atoms with Crippen LogP contribution in [0.4, 0.5) is 29.5 Å². The predicted molar refractivity (Wildman–Crippen MR) is 191 cm³/mol. The molecule has 4 N–H and O–H groups in total. The molecule has 1 aliphatic rings. The lowest BCUT2D eigenvalue weighted by atomic mass is 10.0. The van der Waals surface area contributed by atoms with Gasteiger partial charge in [-0.2, -0.15) is 13.2 Å². The average molecular weight is 777 g/mol. The third-order valence-electron chi connectivity index (χ3n) is 8.46. The first-order valence-electron chi connectivity index (χ1n) is 16.3. The van der Waals surface area contributed by atoms with E-state index in [-0.39, 0.29) is 10.8 Å². The zero-order chi connectivity index (χ0) is 40.0. The molecule has 4 aromatic rings. The molecule has 18 heteroatoms. The highest BCUT2D eigenvalue weighted by atomic mass is 32.2. The van der Waals surface area contributed by atoms with Gasteiger partial charge in [0.05, 0.1) is 37.5 Å². The Hall–Kier alpha value is -5.78. The van der Waals surface area contributed by atoms with Crippen molar-refractivity contribution < 1.29 is 60.0 Å². The summed E-state index contributed by atoms with van der Waals surface area (Å²) in [5.41, 5.74) is 7.30. The number of anilines is 2. The minimum Gasteiger partial charge on any atom is -0.493 e. The van der Waals surface area contributed by atoms with Crippen LogP contribution in [0, 0.1) is 0 Å². The number of nitrogen functional groups attached to an aromatic ring is 1. The second-order valence-corrected chi connectivity index (χ2v) is 14.6. The standard InChI is InChI=1S/C34H38N4O8S.C2HF3O2/c1-20(2)47(41,42)30-13-9-23(37-34(40)45-5)19-26(30)27-7-6-16-38(27)33(39)31(22-8-12-28(43-3)29(18-22)44-4)46-24-10-11-25-21(17-24)14-15-36-32(25)35;3-2(4,5)1(6)7/h8-15,17-20,27,31H,6-7,16H2,1-5H3,(H2,35,36)(H,37,40);(H,6,7)/t27-,31+;/m1./s1. The molecule has 0 radical (unpaired) electrons. The first-order valence-corrected chi connectivity index (χ1v) is 17.8. The van der Waals surface area contributed by atoms with E-state index in [9.17, 15) is 31.2 Å². The van der Waals surface area contributed by atoms with E-state index in [0.29, 0.717) is 59.3 Å². The van der Waals surface area contributed by atoms with Gasteiger partial charge < -0.3 is 34.7 Å². The Morgan fingerprint density at radius 3 is 2.28 bits per heavy atom. The van der Waals surface area contributed by atoms with E-state index in [1.54, 1.807) is 73.5 Å². The minimum atomic E-state index is -5.08. The van der Waals surface area contributed by atoms with Crippen LogP contribution in [0.1, 0.15) is 50.0 Å². The lowest BCUT2D eigenvalue weighted by molar-refractivity contribution is -0.192. The fourth-order valence-electron chi connectivity index (χ4n) is 5.74. The molecular formula is C36H39F3N4O10S. The van der Waals surface area contributed by atoms with Crippen molar-refractivity contribution in [1.29, 1.82) is 0 Å². The highest BCUT2D eigenvalue weighted by Gasteiger charge is 2.40. The molecule has 2 heterocycles. The highest BCUT2D eigenvalue weighted by Crippen LogP contribution is 2.41. The number of carboxylic acid groups (broad SMARTS) is 1. The number of carbonyl (C=O) groups excluding carboxylic acids is 2. The van der Waals surface area contributed by atoms with Crippen LogP contribution in [-0.4, -0.2) is 80.7 Å². The topological polar surface area (TPSA) is 197 Å². The predicted octanol–water partition coefficient (Wildman–Crippen LogP) is 6.31. The van der Waals surface area contributed by atoms with Gasteiger partial charge in [0.25, 0.3) is 5.91 Å². The Morgan fingerprint density at radius 1 is 0.981 bits per heavy atom. The van der Waals surface area contributed by atoms with Crippen LogP contribution < -0.4 is 25.3 Å². The van der Waals surface area contributed by atoms with Gasteiger partial charge in [-0.1, -0.05) is 6.07 Å². The van der Waals surface area contributed by atoms with Gasteiger partial charge >= 0.3 is 18.2 Å². The number of sulfone groups is 1. The van der Waals surface area contributed by atoms with E-state index in [4.69, 9.17) is 34.6 Å². The van der Waals surface area contributed by atoms with Gasteiger partial charge in [-0.15, -0.1) is 0 Å². The van der Waals surface area contributed by atoms with Crippen LogP contribution in [0.2, 0.25) is 0 Å². The number of amides is 2. The molecule has 54 heavy (non-hydrogen) atoms. The molecular weight excluding hydrogens is 737 g/mol. The summed E-state index contributed by atoms with van der Waals surface area (Å²) in [5, 5.41) is 10.5. The fraction of sp³-hybridized carbons (Fsp3) is 0.333. The highest BCUT2D eigenvalue weighted by molar-refractivity contribution is 7.92. The average Bonchev–Trinajstić information content (AvgIpc) is 3.63. The van der Waals surface area contributed by atoms with E-state index in [0.717, 1.165) is 10.8 Å². The number of aromatic nitrogens is 1. The quantitative estimate of drug-likeness (QED) is 0.163. The molecule has 14 nitrogen and oxygen atoms in total. The van der Waals surface area contributed by atoms with Gasteiger partial charge in [-0.25, -0.2) is 23.0 Å². The number of hydrogen-bond donors (Lipinski definition) is 3. The summed E-state index contributed by atoms with van der Waals surface area (Å²) >= 11 is 0. The Morgan fingerprint density at radius 2 is 1.67 bits per heavy atom. The normalized spacial score (nSPS) is 14.8. The Balaban J connectivity index is 0.000000845. The summed E-state index contributed by atoms with van der Waals surface area (Å²) in [4.78, 5) is 41.5. The number of ether oxygens (including phenoxy) is 4. The van der Waals surface area contributed by atoms with E-state index in [1.165, 1.54) is 33.5 Å². The summed E-state index contributed by atoms with van der Waals surface area (Å²) in [6.45, 7) is 3.56. The number of carbonyl (C=O) groups is 3. The number of benzene rings is 3. The number of nitrogens with one attached hydrogen (secondary N) is 1. The summed E-state index contributed by atoms with van der Waals surface area (Å²) in [6.07, 6.45) is -4.22. The van der Waals surface area contributed by atoms with E-state index < -0.39 is 45.5 Å². The largest absolute Gasteiger partial charge is 0.493 e. The summed E-state index contributed by atoms with van der Waals surface area (Å²) in [6, 6.07) is 16.1. The molecule has 1 aromatic heterocycles. The third kappa shape index (κ3) is 9.22. The lowest BCUT2D eigenvalue weighted by Crippen LogP contribution is -2.37. The number of likely N-dealkylation sites (tertiary alicyclic amines) is 1. The maximum Gasteiger partial charge on any atom is 0.490 e. The number of nitrogens with two attached hydrogens (primary N) is 1. The fourth-order valence-corrected chi connectivity index (χ4v) is 7.03. The monoisotopic (exact) mass is 776 g/mol. The SMILES string of the molecule is COC(=O)Nc1ccc(S(=O)(=O)C(C)C)c([C@H]2CCCN2C(=O)[C@@H](Oc2ccc3c(N)nccc3c2)c2ccc(OC)c(OC)c2)c1.O=C(O)C(F)(F)F. The molecule has 0 bridgehead atoms. The molecule has 0 spiro atoms. The number of aliphatic carboxylic acids is 1. The number of halogens is 3. The Bertz CT molecular complexity index is 2130. The summed E-state index contributed by atoms with van der Waals surface area (Å²) < 4.78 is 81.0. The molecule has 3 aromatic carbocycles. The summed E-state index contributed by atoms with van der Waals surface area (Å²) in [5.74, 6) is -1.46. The molecule has 0 saturated carbocycles. The second kappa shape index (κ2) is 16.9. The number of nitrogens with zero attached hydrogens (tertiary/aromatic N) is 2. The number of pyridine rings is 1. The van der Waals surface area contributed by atoms with E-state index in [2.05, 4.69) is 10.3 Å². The van der Waals surface area contributed by atoms with Crippen molar-refractivity contribution in [2.24, 2.45) is 0 Å².